The van der Waals surface area contributed by atoms with Crippen LogP contribution in [0, 0.1) is 13.8 Å². The Labute approximate surface area is 226 Å². The highest BCUT2D eigenvalue weighted by Crippen LogP contribution is 2.31. The van der Waals surface area contributed by atoms with Crippen molar-refractivity contribution in [2.24, 2.45) is 0 Å². The smallest absolute Gasteiger partial charge is 0.335 e. The number of nitrogens with zero attached hydrogens (tertiary/aromatic N) is 1. The van der Waals surface area contributed by atoms with Crippen LogP contribution in [0.15, 0.2) is 70.7 Å². The van der Waals surface area contributed by atoms with Gasteiger partial charge in [0.1, 0.15) is 11.3 Å². The molecule has 3 aromatic carbocycles. The number of anilines is 2. The Hall–Kier alpha value is -3.95. The zero-order valence-corrected chi connectivity index (χ0v) is 22.1. The number of urea groups is 1. The number of barbiturate groups is 1. The Bertz CT molecular complexity index is 1470. The minimum absolute atomic E-state index is 0.218. The highest BCUT2D eigenvalue weighted by atomic mass is 79.9. The summed E-state index contributed by atoms with van der Waals surface area (Å²) in [5.74, 6) is -1.51. The molecule has 4 rings (SSSR count). The highest BCUT2D eigenvalue weighted by molar-refractivity contribution is 9.10. The summed E-state index contributed by atoms with van der Waals surface area (Å²) in [5, 5.41) is 5.34. The molecule has 0 bridgehead atoms. The van der Waals surface area contributed by atoms with Gasteiger partial charge >= 0.3 is 6.03 Å². The fraction of sp³-hybridized carbons (Fsp3) is 0.111. The zero-order chi connectivity index (χ0) is 26.7. The molecule has 10 heteroatoms. The Kier molecular flexibility index (Phi) is 7.75. The number of carbonyl (C=O) groups excluding carboxylic acids is 4. The third-order valence-electron chi connectivity index (χ3n) is 5.51. The number of benzene rings is 3. The van der Waals surface area contributed by atoms with Crippen LogP contribution in [0.4, 0.5) is 16.2 Å². The number of imide groups is 2. The van der Waals surface area contributed by atoms with E-state index >= 15 is 0 Å². The van der Waals surface area contributed by atoms with Gasteiger partial charge < -0.3 is 10.1 Å². The molecule has 8 nitrogen and oxygen atoms in total. The first-order chi connectivity index (χ1) is 17.6. The molecule has 0 atom stereocenters. The molecule has 37 heavy (non-hydrogen) atoms. The van der Waals surface area contributed by atoms with Gasteiger partial charge in [-0.05, 0) is 88.9 Å². The molecule has 0 aliphatic carbocycles. The van der Waals surface area contributed by atoms with E-state index in [1.54, 1.807) is 49.4 Å². The summed E-state index contributed by atoms with van der Waals surface area (Å²) in [6.45, 7) is 3.39. The Morgan fingerprint density at radius 2 is 1.84 bits per heavy atom. The standard InChI is InChI=1S/C27H21BrClN3O5/c1-15-5-3-6-18(11-15)30-24(33)14-37-23-10-9-17(13-20(23)28)12-19-25(34)31-27(36)32(26(19)35)22-8-4-7-21(29)16(22)2/h3-13H,14H2,1-2H3,(H,30,33)(H,31,34,36)/b19-12+. The van der Waals surface area contributed by atoms with E-state index in [0.717, 1.165) is 10.5 Å². The number of halogens is 2. The lowest BCUT2D eigenvalue weighted by Gasteiger charge is -2.27. The SMILES string of the molecule is Cc1cccc(NC(=O)COc2ccc(/C=C3\C(=O)NC(=O)N(c4cccc(Cl)c4C)C3=O)cc2Br)c1. The largest absolute Gasteiger partial charge is 0.483 e. The van der Waals surface area contributed by atoms with Crippen LogP contribution in [-0.4, -0.2) is 30.4 Å². The number of aryl methyl sites for hydroxylation is 1. The van der Waals surface area contributed by atoms with Crippen molar-refractivity contribution in [3.63, 3.8) is 0 Å². The van der Waals surface area contributed by atoms with Gasteiger partial charge in [0.15, 0.2) is 6.61 Å². The van der Waals surface area contributed by atoms with Crippen molar-refractivity contribution in [3.8, 4) is 5.75 Å². The van der Waals surface area contributed by atoms with Gasteiger partial charge in [0, 0.05) is 10.7 Å². The second kappa shape index (κ2) is 11.0. The van der Waals surface area contributed by atoms with Gasteiger partial charge in [0.25, 0.3) is 17.7 Å². The average molecular weight is 583 g/mol. The summed E-state index contributed by atoms with van der Waals surface area (Å²) in [7, 11) is 0. The molecule has 1 aliphatic rings. The molecule has 1 heterocycles. The van der Waals surface area contributed by atoms with E-state index in [4.69, 9.17) is 16.3 Å². The molecule has 1 fully saturated rings. The molecule has 0 saturated carbocycles. The molecular formula is C27H21BrClN3O5. The highest BCUT2D eigenvalue weighted by Gasteiger charge is 2.37. The predicted molar refractivity (Wildman–Crippen MR) is 145 cm³/mol. The van der Waals surface area contributed by atoms with Gasteiger partial charge in [-0.3, -0.25) is 19.7 Å². The first-order valence-electron chi connectivity index (χ1n) is 11.1. The van der Waals surface area contributed by atoms with Gasteiger partial charge in [-0.25, -0.2) is 9.69 Å². The Morgan fingerprint density at radius 3 is 2.57 bits per heavy atom. The fourth-order valence-corrected chi connectivity index (χ4v) is 4.35. The molecule has 0 unspecified atom stereocenters. The third kappa shape index (κ3) is 5.90. The van der Waals surface area contributed by atoms with Crippen molar-refractivity contribution >= 4 is 68.7 Å². The van der Waals surface area contributed by atoms with Crippen LogP contribution in [0.25, 0.3) is 6.08 Å². The van der Waals surface area contributed by atoms with Crippen LogP contribution in [0.1, 0.15) is 16.7 Å². The van der Waals surface area contributed by atoms with E-state index in [1.807, 2.05) is 25.1 Å². The summed E-state index contributed by atoms with van der Waals surface area (Å²) in [5.41, 5.74) is 2.77. The average Bonchev–Trinajstić information content (AvgIpc) is 2.84. The van der Waals surface area contributed by atoms with E-state index in [1.165, 1.54) is 6.08 Å². The summed E-state index contributed by atoms with van der Waals surface area (Å²) in [6.07, 6.45) is 1.37. The van der Waals surface area contributed by atoms with Crippen molar-refractivity contribution in [2.75, 3.05) is 16.8 Å². The van der Waals surface area contributed by atoms with Gasteiger partial charge in [0.05, 0.1) is 10.2 Å². The van der Waals surface area contributed by atoms with E-state index in [-0.39, 0.29) is 23.8 Å². The number of amides is 5. The van der Waals surface area contributed by atoms with Crippen LogP contribution < -0.4 is 20.3 Å². The minimum atomic E-state index is -0.855. The van der Waals surface area contributed by atoms with Crippen molar-refractivity contribution in [2.45, 2.75) is 13.8 Å². The molecule has 1 aliphatic heterocycles. The lowest BCUT2D eigenvalue weighted by molar-refractivity contribution is -0.122. The number of rotatable bonds is 6. The lowest BCUT2D eigenvalue weighted by Crippen LogP contribution is -2.54. The van der Waals surface area contributed by atoms with Gasteiger partial charge in [-0.1, -0.05) is 35.9 Å². The van der Waals surface area contributed by atoms with Gasteiger partial charge in [-0.2, -0.15) is 0 Å². The van der Waals surface area contributed by atoms with E-state index in [9.17, 15) is 19.2 Å². The fourth-order valence-electron chi connectivity index (χ4n) is 3.67. The number of nitrogens with one attached hydrogen (secondary N) is 2. The monoisotopic (exact) mass is 581 g/mol. The molecule has 0 radical (unpaired) electrons. The van der Waals surface area contributed by atoms with Crippen molar-refractivity contribution < 1.29 is 23.9 Å². The molecule has 188 valence electrons. The van der Waals surface area contributed by atoms with Crippen molar-refractivity contribution in [1.82, 2.24) is 5.32 Å². The quantitative estimate of drug-likeness (QED) is 0.299. The Balaban J connectivity index is 1.50. The lowest BCUT2D eigenvalue weighted by atomic mass is 10.1. The maximum atomic E-state index is 13.2. The van der Waals surface area contributed by atoms with Gasteiger partial charge in [0.2, 0.25) is 0 Å². The van der Waals surface area contributed by atoms with Gasteiger partial charge in [-0.15, -0.1) is 0 Å². The number of hydrogen-bond donors (Lipinski definition) is 2. The Morgan fingerprint density at radius 1 is 1.08 bits per heavy atom. The van der Waals surface area contributed by atoms with Crippen LogP contribution in [0.5, 0.6) is 5.75 Å². The van der Waals surface area contributed by atoms with Crippen LogP contribution in [-0.2, 0) is 14.4 Å². The predicted octanol–water partition coefficient (Wildman–Crippen LogP) is 5.40. The molecular weight excluding hydrogens is 562 g/mol. The maximum Gasteiger partial charge on any atom is 0.335 e. The second-order valence-electron chi connectivity index (χ2n) is 8.24. The van der Waals surface area contributed by atoms with E-state index in [0.29, 0.717) is 32.1 Å². The summed E-state index contributed by atoms with van der Waals surface area (Å²) in [6, 6.07) is 16.2. The molecule has 0 aromatic heterocycles. The first-order valence-corrected chi connectivity index (χ1v) is 12.3. The molecule has 2 N–H and O–H groups in total. The molecule has 5 amide bonds. The van der Waals surface area contributed by atoms with Crippen LogP contribution in [0.2, 0.25) is 5.02 Å². The molecule has 3 aromatic rings. The van der Waals surface area contributed by atoms with E-state index in [2.05, 4.69) is 26.6 Å². The maximum absolute atomic E-state index is 13.2. The number of ether oxygens (including phenoxy) is 1. The number of hydrogen-bond acceptors (Lipinski definition) is 5. The second-order valence-corrected chi connectivity index (χ2v) is 9.50. The third-order valence-corrected chi connectivity index (χ3v) is 6.54. The molecule has 1 saturated heterocycles. The summed E-state index contributed by atoms with van der Waals surface area (Å²) < 4.78 is 6.12. The van der Waals surface area contributed by atoms with Crippen molar-refractivity contribution in [3.05, 3.63) is 92.4 Å². The van der Waals surface area contributed by atoms with Crippen molar-refractivity contribution in [1.29, 1.82) is 0 Å². The number of carbonyl (C=O) groups is 4. The summed E-state index contributed by atoms with van der Waals surface area (Å²) >= 11 is 9.55. The minimum Gasteiger partial charge on any atom is -0.483 e. The zero-order valence-electron chi connectivity index (χ0n) is 19.8. The molecule has 0 spiro atoms. The summed E-state index contributed by atoms with van der Waals surface area (Å²) in [4.78, 5) is 51.3. The normalized spacial score (nSPS) is 14.5. The van der Waals surface area contributed by atoms with Crippen LogP contribution in [0.3, 0.4) is 0 Å². The van der Waals surface area contributed by atoms with Crippen LogP contribution >= 0.6 is 27.5 Å². The topological polar surface area (TPSA) is 105 Å². The van der Waals surface area contributed by atoms with E-state index < -0.39 is 17.8 Å². The first kappa shape index (κ1) is 26.1.